The molecule has 0 unspecified atom stereocenters. The lowest BCUT2D eigenvalue weighted by atomic mass is 9.83. The Morgan fingerprint density at radius 3 is 2.31 bits per heavy atom. The zero-order valence-electron chi connectivity index (χ0n) is 9.19. The van der Waals surface area contributed by atoms with Gasteiger partial charge in [0.2, 0.25) is 0 Å². The minimum atomic E-state index is 0.563. The maximum absolute atomic E-state index is 3.37. The summed E-state index contributed by atoms with van der Waals surface area (Å²) in [6.45, 7) is 13.5. The van der Waals surface area contributed by atoms with Crippen molar-refractivity contribution in [3.63, 3.8) is 0 Å². The molecule has 0 amide bonds. The van der Waals surface area contributed by atoms with Crippen molar-refractivity contribution in [3.05, 3.63) is 0 Å². The lowest BCUT2D eigenvalue weighted by Gasteiger charge is -2.42. The van der Waals surface area contributed by atoms with Gasteiger partial charge in [0.25, 0.3) is 0 Å². The minimum absolute atomic E-state index is 0.563. The van der Waals surface area contributed by atoms with Crippen molar-refractivity contribution in [2.24, 2.45) is 10.8 Å². The van der Waals surface area contributed by atoms with Crippen molar-refractivity contribution >= 4 is 0 Å². The van der Waals surface area contributed by atoms with Gasteiger partial charge in [-0.3, -0.25) is 0 Å². The average molecular weight is 182 g/mol. The molecule has 0 aliphatic carbocycles. The highest BCUT2D eigenvalue weighted by molar-refractivity contribution is 4.93. The molecule has 0 aromatic heterocycles. The zero-order chi connectivity index (χ0) is 9.53. The Balaban J connectivity index is 1.83. The van der Waals surface area contributed by atoms with Gasteiger partial charge in [0.05, 0.1) is 0 Å². The molecule has 2 aliphatic rings. The van der Waals surface area contributed by atoms with Crippen LogP contribution < -0.4 is 5.32 Å². The largest absolute Gasteiger partial charge is 0.315 e. The number of nitrogens with zero attached hydrogens (tertiary/aromatic N) is 1. The number of likely N-dealkylation sites (tertiary alicyclic amines) is 1. The molecule has 76 valence electrons. The summed E-state index contributed by atoms with van der Waals surface area (Å²) < 4.78 is 0. The van der Waals surface area contributed by atoms with Crippen LogP contribution in [0.15, 0.2) is 0 Å². The van der Waals surface area contributed by atoms with Crippen LogP contribution >= 0.6 is 0 Å². The highest BCUT2D eigenvalue weighted by Crippen LogP contribution is 2.32. The van der Waals surface area contributed by atoms with Gasteiger partial charge in [-0.25, -0.2) is 0 Å². The van der Waals surface area contributed by atoms with E-state index in [1.165, 1.54) is 39.1 Å². The molecule has 2 saturated heterocycles. The van der Waals surface area contributed by atoms with Crippen molar-refractivity contribution in [3.8, 4) is 0 Å². The lowest BCUT2D eigenvalue weighted by Crippen LogP contribution is -2.56. The Morgan fingerprint density at radius 1 is 1.23 bits per heavy atom. The van der Waals surface area contributed by atoms with Crippen LogP contribution in [0.25, 0.3) is 0 Å². The molecular formula is C11H22N2. The van der Waals surface area contributed by atoms with Gasteiger partial charge in [0.15, 0.2) is 0 Å². The molecule has 1 N–H and O–H groups in total. The minimum Gasteiger partial charge on any atom is -0.315 e. The molecule has 2 nitrogen and oxygen atoms in total. The summed E-state index contributed by atoms with van der Waals surface area (Å²) in [5.74, 6) is 0. The third-order valence-electron chi connectivity index (χ3n) is 3.47. The SMILES string of the molecule is CC1(C)CCN(CC2(C)CNC2)C1. The molecule has 13 heavy (non-hydrogen) atoms. The topological polar surface area (TPSA) is 15.3 Å². The van der Waals surface area contributed by atoms with E-state index in [4.69, 9.17) is 0 Å². The fraction of sp³-hybridized carbons (Fsp3) is 1.00. The normalized spacial score (nSPS) is 31.6. The molecule has 2 rings (SSSR count). The second kappa shape index (κ2) is 2.96. The maximum atomic E-state index is 3.37. The van der Waals surface area contributed by atoms with Gasteiger partial charge >= 0.3 is 0 Å². The first kappa shape index (κ1) is 9.47. The fourth-order valence-corrected chi connectivity index (χ4v) is 2.56. The van der Waals surface area contributed by atoms with Crippen LogP contribution in [0, 0.1) is 10.8 Å². The van der Waals surface area contributed by atoms with Gasteiger partial charge in [-0.2, -0.15) is 0 Å². The third-order valence-corrected chi connectivity index (χ3v) is 3.47. The maximum Gasteiger partial charge on any atom is 0.00599 e. The molecule has 2 aliphatic heterocycles. The van der Waals surface area contributed by atoms with Crippen LogP contribution in [0.4, 0.5) is 0 Å². The van der Waals surface area contributed by atoms with Crippen molar-refractivity contribution in [1.29, 1.82) is 0 Å². The molecule has 2 heteroatoms. The van der Waals surface area contributed by atoms with E-state index in [1.54, 1.807) is 0 Å². The Bertz CT molecular complexity index is 194. The van der Waals surface area contributed by atoms with Crippen molar-refractivity contribution < 1.29 is 0 Å². The summed E-state index contributed by atoms with van der Waals surface area (Å²) >= 11 is 0. The van der Waals surface area contributed by atoms with Gasteiger partial charge in [0.1, 0.15) is 0 Å². The van der Waals surface area contributed by atoms with E-state index < -0.39 is 0 Å². The van der Waals surface area contributed by atoms with E-state index in [-0.39, 0.29) is 0 Å². The summed E-state index contributed by atoms with van der Waals surface area (Å²) in [6.07, 6.45) is 1.37. The van der Waals surface area contributed by atoms with Crippen LogP contribution in [0.5, 0.6) is 0 Å². The van der Waals surface area contributed by atoms with Crippen LogP contribution in [0.3, 0.4) is 0 Å². The molecule has 2 heterocycles. The predicted octanol–water partition coefficient (Wildman–Crippen LogP) is 1.33. The van der Waals surface area contributed by atoms with E-state index >= 15 is 0 Å². The first-order valence-electron chi connectivity index (χ1n) is 5.42. The Kier molecular flexibility index (Phi) is 2.16. The third kappa shape index (κ3) is 2.05. The van der Waals surface area contributed by atoms with E-state index in [9.17, 15) is 0 Å². The molecule has 0 aromatic rings. The molecular weight excluding hydrogens is 160 g/mol. The highest BCUT2D eigenvalue weighted by Gasteiger charge is 2.37. The average Bonchev–Trinajstić information content (AvgIpc) is 2.27. The van der Waals surface area contributed by atoms with Crippen molar-refractivity contribution in [1.82, 2.24) is 10.2 Å². The van der Waals surface area contributed by atoms with E-state index in [2.05, 4.69) is 31.0 Å². The van der Waals surface area contributed by atoms with Gasteiger partial charge < -0.3 is 10.2 Å². The first-order valence-corrected chi connectivity index (χ1v) is 5.42. The van der Waals surface area contributed by atoms with E-state index in [1.807, 2.05) is 0 Å². The molecule has 0 saturated carbocycles. The number of nitrogens with one attached hydrogen (secondary N) is 1. The van der Waals surface area contributed by atoms with Gasteiger partial charge in [-0.05, 0) is 18.4 Å². The Hall–Kier alpha value is -0.0800. The van der Waals surface area contributed by atoms with Crippen LogP contribution in [0.1, 0.15) is 27.2 Å². The Labute approximate surface area is 81.7 Å². The second-order valence-corrected chi connectivity index (χ2v) is 6.04. The monoisotopic (exact) mass is 182 g/mol. The van der Waals surface area contributed by atoms with Crippen molar-refractivity contribution in [2.75, 3.05) is 32.7 Å². The standard InChI is InChI=1S/C11H22N2/c1-10(2)4-5-13(8-10)9-11(3)6-12-7-11/h12H,4-9H2,1-3H3. The van der Waals surface area contributed by atoms with Gasteiger partial charge in [-0.15, -0.1) is 0 Å². The van der Waals surface area contributed by atoms with Crippen LogP contribution in [-0.2, 0) is 0 Å². The van der Waals surface area contributed by atoms with Crippen molar-refractivity contribution in [2.45, 2.75) is 27.2 Å². The molecule has 0 atom stereocenters. The zero-order valence-corrected chi connectivity index (χ0v) is 9.19. The summed E-state index contributed by atoms with van der Waals surface area (Å²) in [6, 6.07) is 0. The number of hydrogen-bond acceptors (Lipinski definition) is 2. The molecule has 0 bridgehead atoms. The molecule has 2 fully saturated rings. The molecule has 0 aromatic carbocycles. The quantitative estimate of drug-likeness (QED) is 0.693. The lowest BCUT2D eigenvalue weighted by molar-refractivity contribution is 0.117. The molecule has 0 spiro atoms. The van der Waals surface area contributed by atoms with Crippen LogP contribution in [-0.4, -0.2) is 37.6 Å². The fourth-order valence-electron chi connectivity index (χ4n) is 2.56. The van der Waals surface area contributed by atoms with Gasteiger partial charge in [0, 0.05) is 31.6 Å². The summed E-state index contributed by atoms with van der Waals surface area (Å²) in [5.41, 5.74) is 1.13. The smallest absolute Gasteiger partial charge is 0.00599 e. The summed E-state index contributed by atoms with van der Waals surface area (Å²) in [7, 11) is 0. The Morgan fingerprint density at radius 2 is 1.92 bits per heavy atom. The molecule has 0 radical (unpaired) electrons. The number of rotatable bonds is 2. The van der Waals surface area contributed by atoms with E-state index in [0.717, 1.165) is 0 Å². The summed E-state index contributed by atoms with van der Waals surface area (Å²) in [5, 5.41) is 3.37. The highest BCUT2D eigenvalue weighted by atomic mass is 15.2. The van der Waals surface area contributed by atoms with Gasteiger partial charge in [-0.1, -0.05) is 20.8 Å². The number of hydrogen-bond donors (Lipinski definition) is 1. The first-order chi connectivity index (χ1) is 5.99. The van der Waals surface area contributed by atoms with Crippen LogP contribution in [0.2, 0.25) is 0 Å². The second-order valence-electron chi connectivity index (χ2n) is 6.04. The predicted molar refractivity (Wildman–Crippen MR) is 55.8 cm³/mol. The van der Waals surface area contributed by atoms with E-state index in [0.29, 0.717) is 10.8 Å². The summed E-state index contributed by atoms with van der Waals surface area (Å²) in [4.78, 5) is 2.64.